The normalized spacial score (nSPS) is 21.4. The summed E-state index contributed by atoms with van der Waals surface area (Å²) in [5, 5.41) is 0. The van der Waals surface area contributed by atoms with Crippen molar-refractivity contribution >= 4 is 0 Å². The monoisotopic (exact) mass is 248 g/mol. The SMILES string of the molecule is Cc1ccccc1C(N)CCN(C)C1CCOC1. The van der Waals surface area contributed by atoms with Gasteiger partial charge in [-0.2, -0.15) is 0 Å². The van der Waals surface area contributed by atoms with E-state index in [4.69, 9.17) is 10.5 Å². The van der Waals surface area contributed by atoms with Crippen LogP contribution in [0.2, 0.25) is 0 Å². The van der Waals surface area contributed by atoms with Crippen LogP contribution in [0.4, 0.5) is 0 Å². The second-order valence-corrected chi connectivity index (χ2v) is 5.25. The Labute approximate surface area is 110 Å². The van der Waals surface area contributed by atoms with Crippen molar-refractivity contribution in [2.75, 3.05) is 26.8 Å². The quantitative estimate of drug-likeness (QED) is 0.867. The highest BCUT2D eigenvalue weighted by atomic mass is 16.5. The van der Waals surface area contributed by atoms with Crippen LogP contribution in [0.15, 0.2) is 24.3 Å². The van der Waals surface area contributed by atoms with Crippen LogP contribution in [0.1, 0.15) is 30.0 Å². The Balaban J connectivity index is 1.84. The Morgan fingerprint density at radius 3 is 2.89 bits per heavy atom. The van der Waals surface area contributed by atoms with E-state index >= 15 is 0 Å². The van der Waals surface area contributed by atoms with Crippen LogP contribution in [-0.4, -0.2) is 37.7 Å². The molecule has 2 N–H and O–H groups in total. The Morgan fingerprint density at radius 2 is 2.22 bits per heavy atom. The fraction of sp³-hybridized carbons (Fsp3) is 0.600. The maximum atomic E-state index is 6.28. The highest BCUT2D eigenvalue weighted by Crippen LogP contribution is 2.19. The highest BCUT2D eigenvalue weighted by Gasteiger charge is 2.20. The Bertz CT molecular complexity index is 375. The lowest BCUT2D eigenvalue weighted by molar-refractivity contribution is 0.157. The minimum atomic E-state index is 0.135. The summed E-state index contributed by atoms with van der Waals surface area (Å²) >= 11 is 0. The number of nitrogens with zero attached hydrogens (tertiary/aromatic N) is 1. The van der Waals surface area contributed by atoms with E-state index in [1.165, 1.54) is 11.1 Å². The van der Waals surface area contributed by atoms with E-state index in [9.17, 15) is 0 Å². The molecule has 0 amide bonds. The average Bonchev–Trinajstić information content (AvgIpc) is 2.90. The average molecular weight is 248 g/mol. The van der Waals surface area contributed by atoms with Gasteiger partial charge < -0.3 is 15.4 Å². The molecule has 0 spiro atoms. The van der Waals surface area contributed by atoms with E-state index in [1.807, 2.05) is 0 Å². The molecule has 2 rings (SSSR count). The lowest BCUT2D eigenvalue weighted by Gasteiger charge is -2.24. The first-order valence-corrected chi connectivity index (χ1v) is 6.77. The van der Waals surface area contributed by atoms with E-state index in [2.05, 4.69) is 43.1 Å². The van der Waals surface area contributed by atoms with Crippen molar-refractivity contribution in [3.63, 3.8) is 0 Å². The number of benzene rings is 1. The van der Waals surface area contributed by atoms with Crippen molar-refractivity contribution in [2.24, 2.45) is 5.73 Å². The van der Waals surface area contributed by atoms with Gasteiger partial charge in [-0.25, -0.2) is 0 Å². The molecule has 0 saturated carbocycles. The highest BCUT2D eigenvalue weighted by molar-refractivity contribution is 5.28. The van der Waals surface area contributed by atoms with Gasteiger partial charge in [0.25, 0.3) is 0 Å². The molecule has 1 saturated heterocycles. The van der Waals surface area contributed by atoms with Gasteiger partial charge in [0.15, 0.2) is 0 Å². The number of ether oxygens (including phenoxy) is 1. The van der Waals surface area contributed by atoms with E-state index in [0.717, 1.165) is 32.6 Å². The molecule has 1 aromatic carbocycles. The van der Waals surface area contributed by atoms with Gasteiger partial charge in [-0.1, -0.05) is 24.3 Å². The second-order valence-electron chi connectivity index (χ2n) is 5.25. The van der Waals surface area contributed by atoms with Gasteiger partial charge in [-0.15, -0.1) is 0 Å². The lowest BCUT2D eigenvalue weighted by Crippen LogP contribution is -2.34. The summed E-state index contributed by atoms with van der Waals surface area (Å²) in [4.78, 5) is 2.38. The molecule has 1 aromatic rings. The molecular weight excluding hydrogens is 224 g/mol. The summed E-state index contributed by atoms with van der Waals surface area (Å²) in [6.45, 7) is 4.93. The van der Waals surface area contributed by atoms with Crippen molar-refractivity contribution in [2.45, 2.75) is 31.8 Å². The molecule has 1 aliphatic rings. The third-order valence-electron chi connectivity index (χ3n) is 3.91. The van der Waals surface area contributed by atoms with Crippen molar-refractivity contribution in [1.82, 2.24) is 4.90 Å². The summed E-state index contributed by atoms with van der Waals surface area (Å²) in [6, 6.07) is 9.11. The van der Waals surface area contributed by atoms with E-state index in [0.29, 0.717) is 6.04 Å². The predicted molar refractivity (Wildman–Crippen MR) is 74.6 cm³/mol. The number of likely N-dealkylation sites (N-methyl/N-ethyl adjacent to an activating group) is 1. The van der Waals surface area contributed by atoms with Crippen molar-refractivity contribution in [3.05, 3.63) is 35.4 Å². The third-order valence-corrected chi connectivity index (χ3v) is 3.91. The minimum Gasteiger partial charge on any atom is -0.380 e. The van der Waals surface area contributed by atoms with Gasteiger partial charge in [-0.05, 0) is 37.9 Å². The lowest BCUT2D eigenvalue weighted by atomic mass is 9.99. The van der Waals surface area contributed by atoms with Crippen LogP contribution in [0, 0.1) is 6.92 Å². The molecule has 2 atom stereocenters. The molecule has 3 nitrogen and oxygen atoms in total. The van der Waals surface area contributed by atoms with Crippen LogP contribution in [-0.2, 0) is 4.74 Å². The number of aryl methyl sites for hydroxylation is 1. The maximum Gasteiger partial charge on any atom is 0.0622 e. The molecular formula is C15H24N2O. The first-order chi connectivity index (χ1) is 8.68. The summed E-state index contributed by atoms with van der Waals surface area (Å²) in [6.07, 6.45) is 2.15. The summed E-state index contributed by atoms with van der Waals surface area (Å²) in [5.74, 6) is 0. The molecule has 2 unspecified atom stereocenters. The largest absolute Gasteiger partial charge is 0.380 e. The van der Waals surface area contributed by atoms with Crippen molar-refractivity contribution in [1.29, 1.82) is 0 Å². The first kappa shape index (κ1) is 13.5. The maximum absolute atomic E-state index is 6.28. The van der Waals surface area contributed by atoms with E-state index in [-0.39, 0.29) is 6.04 Å². The number of rotatable bonds is 5. The Kier molecular flexibility index (Phi) is 4.75. The van der Waals surface area contributed by atoms with Crippen molar-refractivity contribution < 1.29 is 4.74 Å². The van der Waals surface area contributed by atoms with Crippen molar-refractivity contribution in [3.8, 4) is 0 Å². The van der Waals surface area contributed by atoms with E-state index in [1.54, 1.807) is 0 Å². The third kappa shape index (κ3) is 3.31. The zero-order chi connectivity index (χ0) is 13.0. The first-order valence-electron chi connectivity index (χ1n) is 6.77. The fourth-order valence-electron chi connectivity index (χ4n) is 2.55. The standard InChI is InChI=1S/C15H24N2O/c1-12-5-3-4-6-14(12)15(16)7-9-17(2)13-8-10-18-11-13/h3-6,13,15H,7-11,16H2,1-2H3. The van der Waals surface area contributed by atoms with Gasteiger partial charge in [0.05, 0.1) is 6.61 Å². The topological polar surface area (TPSA) is 38.5 Å². The van der Waals surface area contributed by atoms with Crippen LogP contribution < -0.4 is 5.73 Å². The minimum absolute atomic E-state index is 0.135. The molecule has 1 fully saturated rings. The molecule has 0 bridgehead atoms. The molecule has 18 heavy (non-hydrogen) atoms. The second kappa shape index (κ2) is 6.32. The molecule has 1 heterocycles. The number of hydrogen-bond acceptors (Lipinski definition) is 3. The molecule has 3 heteroatoms. The molecule has 0 radical (unpaired) electrons. The smallest absolute Gasteiger partial charge is 0.0622 e. The fourth-order valence-corrected chi connectivity index (χ4v) is 2.55. The van der Waals surface area contributed by atoms with E-state index < -0.39 is 0 Å². The van der Waals surface area contributed by atoms with Crippen LogP contribution in [0.25, 0.3) is 0 Å². The van der Waals surface area contributed by atoms with Gasteiger partial charge in [0, 0.05) is 25.2 Å². The molecule has 0 aromatic heterocycles. The van der Waals surface area contributed by atoms with Gasteiger partial charge in [-0.3, -0.25) is 0 Å². The predicted octanol–water partition coefficient (Wildman–Crippen LogP) is 2.11. The summed E-state index contributed by atoms with van der Waals surface area (Å²) in [5.41, 5.74) is 8.85. The molecule has 100 valence electrons. The molecule has 0 aliphatic carbocycles. The van der Waals surface area contributed by atoms with Crippen LogP contribution >= 0.6 is 0 Å². The summed E-state index contributed by atoms with van der Waals surface area (Å²) in [7, 11) is 2.17. The Hall–Kier alpha value is -0.900. The number of hydrogen-bond donors (Lipinski definition) is 1. The zero-order valence-electron chi connectivity index (χ0n) is 11.4. The van der Waals surface area contributed by atoms with Crippen LogP contribution in [0.3, 0.4) is 0 Å². The summed E-state index contributed by atoms with van der Waals surface area (Å²) < 4.78 is 5.42. The molecule has 1 aliphatic heterocycles. The Morgan fingerprint density at radius 1 is 1.44 bits per heavy atom. The van der Waals surface area contributed by atoms with Crippen LogP contribution in [0.5, 0.6) is 0 Å². The zero-order valence-corrected chi connectivity index (χ0v) is 11.4. The number of nitrogens with two attached hydrogens (primary N) is 1. The van der Waals surface area contributed by atoms with Gasteiger partial charge >= 0.3 is 0 Å². The van der Waals surface area contributed by atoms with Gasteiger partial charge in [0.1, 0.15) is 0 Å². The van der Waals surface area contributed by atoms with Gasteiger partial charge in [0.2, 0.25) is 0 Å².